The van der Waals surface area contributed by atoms with Crippen LogP contribution in [-0.4, -0.2) is 37.4 Å². The van der Waals surface area contributed by atoms with E-state index in [4.69, 9.17) is 0 Å². The van der Waals surface area contributed by atoms with E-state index < -0.39 is 12.3 Å². The molecule has 1 aliphatic rings. The third kappa shape index (κ3) is 6.14. The number of hydrogen-bond donors (Lipinski definition) is 0. The first kappa shape index (κ1) is 20.0. The van der Waals surface area contributed by atoms with Crippen molar-refractivity contribution < 1.29 is 8.78 Å². The van der Waals surface area contributed by atoms with Gasteiger partial charge in [0.1, 0.15) is 12.3 Å². The first-order chi connectivity index (χ1) is 13.1. The molecular formula is C24H31F2N. The summed E-state index contributed by atoms with van der Waals surface area (Å²) in [5.74, 6) is 0.171. The Bertz CT molecular complexity index is 671. The molecule has 0 spiro atoms. The van der Waals surface area contributed by atoms with Gasteiger partial charge in [-0.2, -0.15) is 0 Å². The number of nitrogens with zero attached hydrogens (tertiary/aromatic N) is 1. The van der Waals surface area contributed by atoms with E-state index >= 15 is 0 Å². The Kier molecular flexibility index (Phi) is 7.40. The Morgan fingerprint density at radius 2 is 1.52 bits per heavy atom. The number of benzene rings is 2. The molecule has 146 valence electrons. The van der Waals surface area contributed by atoms with Crippen molar-refractivity contribution in [3.63, 3.8) is 0 Å². The molecule has 1 aliphatic carbocycles. The van der Waals surface area contributed by atoms with Crippen LogP contribution in [0.15, 0.2) is 54.6 Å². The molecule has 2 aromatic rings. The number of halogens is 2. The van der Waals surface area contributed by atoms with Crippen LogP contribution in [0.25, 0.3) is 0 Å². The molecule has 0 heterocycles. The van der Waals surface area contributed by atoms with Crippen molar-refractivity contribution in [3.05, 3.63) is 71.3 Å². The summed E-state index contributed by atoms with van der Waals surface area (Å²) in [6.07, 6.45) is 2.14. The maximum Gasteiger partial charge on any atom is 0.132 e. The maximum absolute atomic E-state index is 13.6. The van der Waals surface area contributed by atoms with Gasteiger partial charge in [-0.25, -0.2) is 8.78 Å². The minimum atomic E-state index is -1.30. The highest BCUT2D eigenvalue weighted by Gasteiger charge is 2.30. The van der Waals surface area contributed by atoms with E-state index in [9.17, 15) is 8.78 Å². The summed E-state index contributed by atoms with van der Waals surface area (Å²) in [7, 11) is 2.18. The predicted octanol–water partition coefficient (Wildman–Crippen LogP) is 5.74. The Morgan fingerprint density at radius 1 is 0.815 bits per heavy atom. The molecule has 0 bridgehead atoms. The molecule has 0 N–H and O–H groups in total. The standard InChI is InChI=1S/C24H31F2N/c1-27(17-15-19-6-3-2-4-7-19)16-5-8-20-9-11-21(12-10-20)22-13-14-23(25)24(26)18-22/h2-4,6-7,9-12,22-24H,5,8,13-18H2,1H3. The fourth-order valence-electron chi connectivity index (χ4n) is 3.97. The Labute approximate surface area is 162 Å². The maximum atomic E-state index is 13.6. The van der Waals surface area contributed by atoms with E-state index in [0.29, 0.717) is 12.8 Å². The molecule has 2 aromatic carbocycles. The van der Waals surface area contributed by atoms with E-state index in [1.54, 1.807) is 0 Å². The van der Waals surface area contributed by atoms with Gasteiger partial charge in [-0.1, -0.05) is 54.6 Å². The van der Waals surface area contributed by atoms with Crippen molar-refractivity contribution in [1.82, 2.24) is 4.90 Å². The van der Waals surface area contributed by atoms with E-state index in [2.05, 4.69) is 66.5 Å². The van der Waals surface area contributed by atoms with Crippen LogP contribution in [0.5, 0.6) is 0 Å². The summed E-state index contributed by atoms with van der Waals surface area (Å²) in [4.78, 5) is 2.39. The normalized spacial score (nSPS) is 22.9. The molecule has 3 unspecified atom stereocenters. The van der Waals surface area contributed by atoms with Crippen LogP contribution < -0.4 is 0 Å². The number of likely N-dealkylation sites (N-methyl/N-ethyl adjacent to an activating group) is 1. The van der Waals surface area contributed by atoms with Gasteiger partial charge in [0.2, 0.25) is 0 Å². The Balaban J connectivity index is 1.38. The molecule has 0 radical (unpaired) electrons. The molecule has 0 amide bonds. The second-order valence-corrected chi connectivity index (χ2v) is 7.93. The average Bonchev–Trinajstić information content (AvgIpc) is 2.70. The lowest BCUT2D eigenvalue weighted by Gasteiger charge is -2.27. The van der Waals surface area contributed by atoms with Gasteiger partial charge in [0.25, 0.3) is 0 Å². The van der Waals surface area contributed by atoms with Crippen LogP contribution in [0.2, 0.25) is 0 Å². The second kappa shape index (κ2) is 9.98. The highest BCUT2D eigenvalue weighted by atomic mass is 19.2. The zero-order valence-corrected chi connectivity index (χ0v) is 16.3. The summed E-state index contributed by atoms with van der Waals surface area (Å²) in [6.45, 7) is 2.16. The van der Waals surface area contributed by atoms with Crippen LogP contribution in [-0.2, 0) is 12.8 Å². The van der Waals surface area contributed by atoms with Crippen molar-refractivity contribution in [3.8, 4) is 0 Å². The molecule has 3 heteroatoms. The summed E-state index contributed by atoms with van der Waals surface area (Å²) in [5, 5.41) is 0. The van der Waals surface area contributed by atoms with Gasteiger partial charge in [-0.3, -0.25) is 0 Å². The molecule has 3 rings (SSSR count). The van der Waals surface area contributed by atoms with Gasteiger partial charge in [-0.15, -0.1) is 0 Å². The van der Waals surface area contributed by atoms with Gasteiger partial charge in [0.05, 0.1) is 0 Å². The van der Waals surface area contributed by atoms with E-state index in [1.165, 1.54) is 11.1 Å². The summed E-state index contributed by atoms with van der Waals surface area (Å²) in [6, 6.07) is 19.2. The SMILES string of the molecule is CN(CCCc1ccc(C2CCC(F)C(F)C2)cc1)CCc1ccccc1. The zero-order chi connectivity index (χ0) is 19.1. The average molecular weight is 372 g/mol. The van der Waals surface area contributed by atoms with Crippen molar-refractivity contribution in [2.24, 2.45) is 0 Å². The van der Waals surface area contributed by atoms with Crippen molar-refractivity contribution in [2.75, 3.05) is 20.1 Å². The van der Waals surface area contributed by atoms with Crippen LogP contribution in [0.1, 0.15) is 48.3 Å². The molecule has 1 saturated carbocycles. The Hall–Kier alpha value is -1.74. The lowest BCUT2D eigenvalue weighted by molar-refractivity contribution is 0.108. The monoisotopic (exact) mass is 371 g/mol. The summed E-state index contributed by atoms with van der Waals surface area (Å²) in [5.41, 5.74) is 3.87. The van der Waals surface area contributed by atoms with Crippen LogP contribution in [0.3, 0.4) is 0 Å². The van der Waals surface area contributed by atoms with Crippen LogP contribution in [0, 0.1) is 0 Å². The Morgan fingerprint density at radius 3 is 2.22 bits per heavy atom. The molecule has 3 atom stereocenters. The first-order valence-electron chi connectivity index (χ1n) is 10.2. The van der Waals surface area contributed by atoms with E-state index in [0.717, 1.165) is 44.3 Å². The highest BCUT2D eigenvalue weighted by Crippen LogP contribution is 2.35. The summed E-state index contributed by atoms with van der Waals surface area (Å²) < 4.78 is 26.9. The first-order valence-corrected chi connectivity index (χ1v) is 10.2. The van der Waals surface area contributed by atoms with E-state index in [-0.39, 0.29) is 5.92 Å². The predicted molar refractivity (Wildman–Crippen MR) is 109 cm³/mol. The third-order valence-electron chi connectivity index (χ3n) is 5.77. The van der Waals surface area contributed by atoms with Crippen molar-refractivity contribution in [1.29, 1.82) is 0 Å². The smallest absolute Gasteiger partial charge is 0.132 e. The molecule has 1 fully saturated rings. The number of aryl methyl sites for hydroxylation is 1. The lowest BCUT2D eigenvalue weighted by Crippen LogP contribution is -2.26. The van der Waals surface area contributed by atoms with Crippen molar-refractivity contribution in [2.45, 2.75) is 56.8 Å². The quantitative estimate of drug-likeness (QED) is 0.572. The largest absolute Gasteiger partial charge is 0.306 e. The topological polar surface area (TPSA) is 3.24 Å². The summed E-state index contributed by atoms with van der Waals surface area (Å²) >= 11 is 0. The molecule has 1 nitrogen and oxygen atoms in total. The van der Waals surface area contributed by atoms with Gasteiger partial charge in [-0.05, 0) is 74.7 Å². The molecule has 0 saturated heterocycles. The number of alkyl halides is 2. The fourth-order valence-corrected chi connectivity index (χ4v) is 3.97. The van der Waals surface area contributed by atoms with E-state index in [1.807, 2.05) is 0 Å². The zero-order valence-electron chi connectivity index (χ0n) is 16.3. The molecule has 27 heavy (non-hydrogen) atoms. The van der Waals surface area contributed by atoms with Crippen molar-refractivity contribution >= 4 is 0 Å². The lowest BCUT2D eigenvalue weighted by atomic mass is 9.82. The number of rotatable bonds is 8. The minimum Gasteiger partial charge on any atom is -0.306 e. The second-order valence-electron chi connectivity index (χ2n) is 7.93. The fraction of sp³-hybridized carbons (Fsp3) is 0.500. The van der Waals surface area contributed by atoms with Gasteiger partial charge in [0.15, 0.2) is 0 Å². The van der Waals surface area contributed by atoms with Crippen LogP contribution >= 0.6 is 0 Å². The van der Waals surface area contributed by atoms with Gasteiger partial charge in [0, 0.05) is 6.54 Å². The van der Waals surface area contributed by atoms with Gasteiger partial charge < -0.3 is 4.90 Å². The number of hydrogen-bond acceptors (Lipinski definition) is 1. The highest BCUT2D eigenvalue weighted by molar-refractivity contribution is 5.26. The van der Waals surface area contributed by atoms with Gasteiger partial charge >= 0.3 is 0 Å². The minimum absolute atomic E-state index is 0.171. The third-order valence-corrected chi connectivity index (χ3v) is 5.77. The molecular weight excluding hydrogens is 340 g/mol. The molecule has 0 aromatic heterocycles. The molecule has 0 aliphatic heterocycles. The van der Waals surface area contributed by atoms with Crippen LogP contribution in [0.4, 0.5) is 8.78 Å².